The van der Waals surface area contributed by atoms with Gasteiger partial charge in [-0.1, -0.05) is 20.8 Å². The van der Waals surface area contributed by atoms with Crippen LogP contribution in [0.2, 0.25) is 0 Å². The number of thiocarbonyl (C=S) groups is 1. The molecule has 0 unspecified atom stereocenters. The summed E-state index contributed by atoms with van der Waals surface area (Å²) >= 11 is 4.86. The summed E-state index contributed by atoms with van der Waals surface area (Å²) in [6.45, 7) is 8.09. The molecule has 2 amide bonds. The van der Waals surface area contributed by atoms with Gasteiger partial charge in [0.2, 0.25) is 11.8 Å². The Balaban J connectivity index is 3.84. The highest BCUT2D eigenvalue weighted by molar-refractivity contribution is 7.80. The second-order valence-corrected chi connectivity index (χ2v) is 5.06. The van der Waals surface area contributed by atoms with E-state index in [1.165, 1.54) is 0 Å². The third-order valence-electron chi connectivity index (χ3n) is 1.90. The van der Waals surface area contributed by atoms with Crippen LogP contribution in [-0.2, 0) is 14.3 Å². The van der Waals surface area contributed by atoms with E-state index in [4.69, 9.17) is 17.0 Å². The van der Waals surface area contributed by atoms with Crippen molar-refractivity contribution < 1.29 is 14.3 Å². The van der Waals surface area contributed by atoms with Gasteiger partial charge in [0.05, 0.1) is 13.0 Å². The lowest BCUT2D eigenvalue weighted by molar-refractivity contribution is -0.127. The fourth-order valence-electron chi connectivity index (χ4n) is 0.820. The first-order chi connectivity index (χ1) is 8.27. The van der Waals surface area contributed by atoms with Crippen LogP contribution in [0.5, 0.6) is 0 Å². The Morgan fingerprint density at radius 1 is 1.22 bits per heavy atom. The molecule has 18 heavy (non-hydrogen) atoms. The molecule has 0 spiro atoms. The molecule has 0 aliphatic carbocycles. The molecule has 0 radical (unpaired) electrons. The minimum absolute atomic E-state index is 0.0692. The predicted octanol–water partition coefficient (Wildman–Crippen LogP) is 0.481. The van der Waals surface area contributed by atoms with Crippen molar-refractivity contribution in [1.82, 2.24) is 16.2 Å². The predicted molar refractivity (Wildman–Crippen MR) is 72.6 cm³/mol. The van der Waals surface area contributed by atoms with Crippen molar-refractivity contribution in [2.75, 3.05) is 13.2 Å². The first kappa shape index (κ1) is 16.8. The molecular formula is C11H21N3O3S. The van der Waals surface area contributed by atoms with E-state index in [0.29, 0.717) is 13.2 Å². The highest BCUT2D eigenvalue weighted by atomic mass is 32.1. The van der Waals surface area contributed by atoms with Crippen molar-refractivity contribution in [3.05, 3.63) is 0 Å². The molecule has 0 aliphatic rings. The number of hydrogen-bond donors (Lipinski definition) is 3. The monoisotopic (exact) mass is 275 g/mol. The lowest BCUT2D eigenvalue weighted by Crippen LogP contribution is -2.50. The third-order valence-corrected chi connectivity index (χ3v) is 2.11. The maximum atomic E-state index is 11.6. The van der Waals surface area contributed by atoms with Crippen LogP contribution in [0.1, 0.15) is 34.1 Å². The van der Waals surface area contributed by atoms with Crippen molar-refractivity contribution in [2.45, 2.75) is 34.1 Å². The SMILES string of the molecule is CCOCCC(=O)NNC(=S)NC(=O)C(C)(C)C. The lowest BCUT2D eigenvalue weighted by atomic mass is 9.96. The third kappa shape index (κ3) is 7.97. The molecule has 0 aromatic carbocycles. The Morgan fingerprint density at radius 2 is 1.83 bits per heavy atom. The smallest absolute Gasteiger partial charge is 0.240 e. The summed E-state index contributed by atoms with van der Waals surface area (Å²) in [4.78, 5) is 22.8. The van der Waals surface area contributed by atoms with E-state index in [-0.39, 0.29) is 23.3 Å². The molecule has 7 heteroatoms. The van der Waals surface area contributed by atoms with Crippen molar-refractivity contribution in [1.29, 1.82) is 0 Å². The number of hydrazine groups is 1. The summed E-state index contributed by atoms with van der Waals surface area (Å²) in [5, 5.41) is 2.55. The Hall–Kier alpha value is -1.21. The number of rotatable bonds is 4. The van der Waals surface area contributed by atoms with Gasteiger partial charge in [0, 0.05) is 12.0 Å². The van der Waals surface area contributed by atoms with Crippen LogP contribution < -0.4 is 16.2 Å². The average Bonchev–Trinajstić information content (AvgIpc) is 2.25. The van der Waals surface area contributed by atoms with Crippen LogP contribution in [0.4, 0.5) is 0 Å². The maximum absolute atomic E-state index is 11.6. The van der Waals surface area contributed by atoms with Crippen molar-refractivity contribution in [3.8, 4) is 0 Å². The van der Waals surface area contributed by atoms with Gasteiger partial charge in [-0.3, -0.25) is 20.4 Å². The molecule has 0 saturated heterocycles. The van der Waals surface area contributed by atoms with Crippen LogP contribution in [0, 0.1) is 5.41 Å². The van der Waals surface area contributed by atoms with E-state index in [1.807, 2.05) is 6.92 Å². The number of carbonyl (C=O) groups excluding carboxylic acids is 2. The maximum Gasteiger partial charge on any atom is 0.240 e. The van der Waals surface area contributed by atoms with Gasteiger partial charge in [0.25, 0.3) is 0 Å². The lowest BCUT2D eigenvalue weighted by Gasteiger charge is -2.18. The molecule has 104 valence electrons. The van der Waals surface area contributed by atoms with E-state index in [2.05, 4.69) is 16.2 Å². The van der Waals surface area contributed by atoms with Crippen LogP contribution in [0.25, 0.3) is 0 Å². The van der Waals surface area contributed by atoms with Crippen molar-refractivity contribution in [3.63, 3.8) is 0 Å². The standard InChI is InChI=1S/C11H21N3O3S/c1-5-17-7-6-8(15)13-14-10(18)12-9(16)11(2,3)4/h5-7H2,1-4H3,(H,13,15)(H2,12,14,16,18). The van der Waals surface area contributed by atoms with Crippen LogP contribution in [-0.4, -0.2) is 30.1 Å². The van der Waals surface area contributed by atoms with Gasteiger partial charge in [-0.2, -0.15) is 0 Å². The van der Waals surface area contributed by atoms with Crippen LogP contribution >= 0.6 is 12.2 Å². The minimum atomic E-state index is -0.537. The topological polar surface area (TPSA) is 79.5 Å². The van der Waals surface area contributed by atoms with Gasteiger partial charge < -0.3 is 10.1 Å². The molecule has 0 aliphatic heterocycles. The van der Waals surface area contributed by atoms with Gasteiger partial charge in [0.1, 0.15) is 0 Å². The minimum Gasteiger partial charge on any atom is -0.381 e. The molecule has 0 saturated carbocycles. The molecule has 0 atom stereocenters. The van der Waals surface area contributed by atoms with Gasteiger partial charge >= 0.3 is 0 Å². The second kappa shape index (κ2) is 7.99. The number of amides is 2. The number of hydrogen-bond acceptors (Lipinski definition) is 4. The fourth-order valence-corrected chi connectivity index (χ4v) is 0.964. The summed E-state index contributed by atoms with van der Waals surface area (Å²) in [5.41, 5.74) is 4.29. The van der Waals surface area contributed by atoms with Crippen LogP contribution in [0.3, 0.4) is 0 Å². The molecule has 0 fully saturated rings. The number of ether oxygens (including phenoxy) is 1. The summed E-state index contributed by atoms with van der Waals surface area (Å²) in [6.07, 6.45) is 0.233. The first-order valence-corrected chi connectivity index (χ1v) is 6.16. The van der Waals surface area contributed by atoms with E-state index in [9.17, 15) is 9.59 Å². The molecule has 0 bridgehead atoms. The largest absolute Gasteiger partial charge is 0.381 e. The second-order valence-electron chi connectivity index (χ2n) is 4.65. The highest BCUT2D eigenvalue weighted by Gasteiger charge is 2.21. The molecule has 6 nitrogen and oxygen atoms in total. The summed E-state index contributed by atoms with van der Waals surface area (Å²) in [5.74, 6) is -0.473. The zero-order valence-electron chi connectivity index (χ0n) is 11.3. The molecule has 0 aromatic heterocycles. The van der Waals surface area contributed by atoms with E-state index >= 15 is 0 Å². The first-order valence-electron chi connectivity index (χ1n) is 5.75. The molecular weight excluding hydrogens is 254 g/mol. The summed E-state index contributed by atoms with van der Waals surface area (Å²) in [7, 11) is 0. The van der Waals surface area contributed by atoms with E-state index in [1.54, 1.807) is 20.8 Å². The Labute approximate surface area is 113 Å². The number of carbonyl (C=O) groups is 2. The van der Waals surface area contributed by atoms with Gasteiger partial charge in [-0.25, -0.2) is 0 Å². The summed E-state index contributed by atoms with van der Waals surface area (Å²) < 4.78 is 5.03. The summed E-state index contributed by atoms with van der Waals surface area (Å²) in [6, 6.07) is 0. The van der Waals surface area contributed by atoms with Crippen molar-refractivity contribution in [2.24, 2.45) is 5.41 Å². The zero-order chi connectivity index (χ0) is 14.2. The Bertz CT molecular complexity index is 313. The molecule has 0 heterocycles. The normalized spacial score (nSPS) is 10.7. The molecule has 0 aromatic rings. The number of nitrogens with one attached hydrogen (secondary N) is 3. The highest BCUT2D eigenvalue weighted by Crippen LogP contribution is 2.11. The zero-order valence-corrected chi connectivity index (χ0v) is 12.1. The molecule has 0 rings (SSSR count). The van der Waals surface area contributed by atoms with Gasteiger partial charge in [-0.15, -0.1) is 0 Å². The average molecular weight is 275 g/mol. The quantitative estimate of drug-likeness (QED) is 0.395. The van der Waals surface area contributed by atoms with E-state index in [0.717, 1.165) is 0 Å². The Morgan fingerprint density at radius 3 is 2.33 bits per heavy atom. The van der Waals surface area contributed by atoms with E-state index < -0.39 is 5.41 Å². The fraction of sp³-hybridized carbons (Fsp3) is 0.727. The van der Waals surface area contributed by atoms with Gasteiger partial charge in [0.15, 0.2) is 5.11 Å². The van der Waals surface area contributed by atoms with Crippen LogP contribution in [0.15, 0.2) is 0 Å². The van der Waals surface area contributed by atoms with Crippen molar-refractivity contribution >= 4 is 29.1 Å². The molecule has 3 N–H and O–H groups in total. The van der Waals surface area contributed by atoms with Gasteiger partial charge in [-0.05, 0) is 19.1 Å². The Kier molecular flexibility index (Phi) is 7.45.